The SMILES string of the molecule is CC[C@@H](OC(C)=O)[C@@H](C)C1O[C@@](OC(C)=O)(C(=O)OC)C(F)[C@@H](OC(C)=O)[C@H]1NC(=O)CCl. The van der Waals surface area contributed by atoms with E-state index in [1.165, 1.54) is 6.92 Å². The molecule has 1 fully saturated rings. The molecule has 1 heterocycles. The van der Waals surface area contributed by atoms with Gasteiger partial charge in [0.2, 0.25) is 12.1 Å². The normalized spacial score (nSPS) is 28.6. The highest BCUT2D eigenvalue weighted by Crippen LogP contribution is 2.40. The highest BCUT2D eigenvalue weighted by Gasteiger charge is 2.66. The number of carbonyl (C=O) groups excluding carboxylic acids is 5. The first kappa shape index (κ1) is 28.6. The maximum Gasteiger partial charge on any atom is 0.383 e. The second kappa shape index (κ2) is 12.1. The zero-order valence-corrected chi connectivity index (χ0v) is 20.0. The molecular weight excluding hydrogens is 469 g/mol. The van der Waals surface area contributed by atoms with E-state index >= 15 is 4.39 Å². The molecule has 1 amide bonds. The third-order valence-corrected chi connectivity index (χ3v) is 5.25. The minimum Gasteiger partial charge on any atom is -0.464 e. The van der Waals surface area contributed by atoms with E-state index in [-0.39, 0.29) is 6.42 Å². The van der Waals surface area contributed by atoms with E-state index in [2.05, 4.69) is 10.1 Å². The summed E-state index contributed by atoms with van der Waals surface area (Å²) in [5.41, 5.74) is 0. The Labute approximate surface area is 195 Å². The third-order valence-electron chi connectivity index (χ3n) is 5.01. The summed E-state index contributed by atoms with van der Waals surface area (Å²) in [6, 6.07) is -1.40. The zero-order chi connectivity index (χ0) is 25.5. The van der Waals surface area contributed by atoms with Gasteiger partial charge in [0.05, 0.1) is 19.3 Å². The monoisotopic (exact) mass is 497 g/mol. The van der Waals surface area contributed by atoms with Crippen LogP contribution in [0, 0.1) is 5.92 Å². The first-order valence-corrected chi connectivity index (χ1v) is 10.7. The molecule has 0 bridgehead atoms. The number of ether oxygens (including phenoxy) is 5. The lowest BCUT2D eigenvalue weighted by Crippen LogP contribution is -2.73. The van der Waals surface area contributed by atoms with Crippen LogP contribution in [0.15, 0.2) is 0 Å². The first-order chi connectivity index (χ1) is 15.3. The van der Waals surface area contributed by atoms with Crippen molar-refractivity contribution in [3.8, 4) is 0 Å². The van der Waals surface area contributed by atoms with Crippen LogP contribution in [0.3, 0.4) is 0 Å². The number of halogens is 2. The summed E-state index contributed by atoms with van der Waals surface area (Å²) in [7, 11) is 0.915. The van der Waals surface area contributed by atoms with Crippen molar-refractivity contribution >= 4 is 41.4 Å². The fraction of sp³-hybridized carbons (Fsp3) is 0.750. The molecule has 1 N–H and O–H groups in total. The lowest BCUT2D eigenvalue weighted by atomic mass is 9.82. The van der Waals surface area contributed by atoms with Crippen molar-refractivity contribution < 1.29 is 52.0 Å². The number of carbonyl (C=O) groups is 5. The van der Waals surface area contributed by atoms with Gasteiger partial charge in [-0.15, -0.1) is 11.6 Å². The van der Waals surface area contributed by atoms with Gasteiger partial charge in [-0.3, -0.25) is 19.2 Å². The molecule has 0 aromatic heterocycles. The number of rotatable bonds is 9. The Kier molecular flexibility index (Phi) is 10.5. The number of amides is 1. The quantitative estimate of drug-likeness (QED) is 0.276. The van der Waals surface area contributed by atoms with E-state index in [0.717, 1.165) is 21.0 Å². The number of methoxy groups -OCH3 is 1. The molecule has 0 aromatic rings. The molecule has 33 heavy (non-hydrogen) atoms. The molecule has 0 aromatic carbocycles. The van der Waals surface area contributed by atoms with Crippen LogP contribution in [-0.4, -0.2) is 79.1 Å². The molecular formula is C20H29ClFNO10. The van der Waals surface area contributed by atoms with Crippen molar-refractivity contribution in [3.05, 3.63) is 0 Å². The molecule has 11 nitrogen and oxygen atoms in total. The molecule has 7 atom stereocenters. The summed E-state index contributed by atoms with van der Waals surface area (Å²) < 4.78 is 41.5. The van der Waals surface area contributed by atoms with Crippen molar-refractivity contribution in [2.45, 2.75) is 77.4 Å². The van der Waals surface area contributed by atoms with E-state index in [9.17, 15) is 24.0 Å². The number of alkyl halides is 2. The molecule has 1 saturated heterocycles. The van der Waals surface area contributed by atoms with Gasteiger partial charge in [-0.25, -0.2) is 9.18 Å². The lowest BCUT2D eigenvalue weighted by molar-refractivity contribution is -0.320. The molecule has 0 saturated carbocycles. The van der Waals surface area contributed by atoms with Crippen molar-refractivity contribution in [1.29, 1.82) is 0 Å². The predicted octanol–water partition coefficient (Wildman–Crippen LogP) is 0.789. The van der Waals surface area contributed by atoms with Gasteiger partial charge < -0.3 is 29.0 Å². The average molecular weight is 498 g/mol. The van der Waals surface area contributed by atoms with Crippen molar-refractivity contribution in [2.24, 2.45) is 5.92 Å². The molecule has 1 aliphatic rings. The molecule has 1 rings (SSSR count). The zero-order valence-electron chi connectivity index (χ0n) is 19.2. The Morgan fingerprint density at radius 2 is 1.73 bits per heavy atom. The van der Waals surface area contributed by atoms with Gasteiger partial charge in [-0.1, -0.05) is 13.8 Å². The van der Waals surface area contributed by atoms with Crippen molar-refractivity contribution in [1.82, 2.24) is 5.32 Å². The van der Waals surface area contributed by atoms with Crippen LogP contribution < -0.4 is 5.32 Å². The Morgan fingerprint density at radius 1 is 1.12 bits per heavy atom. The smallest absolute Gasteiger partial charge is 0.383 e. The maximum absolute atomic E-state index is 15.8. The Bertz CT molecular complexity index is 765. The van der Waals surface area contributed by atoms with E-state index in [1.807, 2.05) is 0 Å². The Balaban J connectivity index is 3.70. The average Bonchev–Trinajstić information content (AvgIpc) is 2.74. The number of nitrogens with one attached hydrogen (secondary N) is 1. The fourth-order valence-corrected chi connectivity index (χ4v) is 3.78. The van der Waals surface area contributed by atoms with Crippen LogP contribution in [-0.2, 0) is 47.7 Å². The second-order valence-corrected chi connectivity index (χ2v) is 7.72. The van der Waals surface area contributed by atoms with E-state index in [0.29, 0.717) is 0 Å². The van der Waals surface area contributed by atoms with Gasteiger partial charge in [0.25, 0.3) is 0 Å². The molecule has 0 aliphatic carbocycles. The number of esters is 4. The molecule has 2 unspecified atom stereocenters. The van der Waals surface area contributed by atoms with Crippen molar-refractivity contribution in [2.75, 3.05) is 13.0 Å². The minimum atomic E-state index is -2.96. The molecule has 188 valence electrons. The highest BCUT2D eigenvalue weighted by atomic mass is 35.5. The van der Waals surface area contributed by atoms with Crippen LogP contribution in [0.4, 0.5) is 4.39 Å². The van der Waals surface area contributed by atoms with Gasteiger partial charge in [-0.2, -0.15) is 0 Å². The molecule has 0 radical (unpaired) electrons. The van der Waals surface area contributed by atoms with Crippen molar-refractivity contribution in [3.63, 3.8) is 0 Å². The lowest BCUT2D eigenvalue weighted by Gasteiger charge is -2.49. The minimum absolute atomic E-state index is 0.271. The first-order valence-electron chi connectivity index (χ1n) is 10.1. The van der Waals surface area contributed by atoms with Crippen LogP contribution in [0.5, 0.6) is 0 Å². The molecule has 0 spiro atoms. The number of hydrogen-bond acceptors (Lipinski definition) is 10. The summed E-state index contributed by atoms with van der Waals surface area (Å²) >= 11 is 5.58. The topological polar surface area (TPSA) is 144 Å². The van der Waals surface area contributed by atoms with E-state index < -0.39 is 77.9 Å². The summed E-state index contributed by atoms with van der Waals surface area (Å²) in [5, 5.41) is 2.42. The molecule has 1 aliphatic heterocycles. The predicted molar refractivity (Wildman–Crippen MR) is 109 cm³/mol. The van der Waals surface area contributed by atoms with Gasteiger partial charge in [0, 0.05) is 26.7 Å². The summed E-state index contributed by atoms with van der Waals surface area (Å²) in [4.78, 5) is 59.9. The fourth-order valence-electron chi connectivity index (χ4n) is 3.70. The van der Waals surface area contributed by atoms with Gasteiger partial charge in [0.15, 0.2) is 6.10 Å². The van der Waals surface area contributed by atoms with Crippen LogP contribution in [0.25, 0.3) is 0 Å². The maximum atomic E-state index is 15.8. The van der Waals surface area contributed by atoms with E-state index in [1.54, 1.807) is 13.8 Å². The summed E-state index contributed by atoms with van der Waals surface area (Å²) in [5.74, 6) is -9.14. The second-order valence-electron chi connectivity index (χ2n) is 7.45. The van der Waals surface area contributed by atoms with Gasteiger partial charge in [-0.05, 0) is 6.42 Å². The van der Waals surface area contributed by atoms with Crippen LogP contribution in [0.2, 0.25) is 0 Å². The van der Waals surface area contributed by atoms with Gasteiger partial charge >= 0.3 is 29.7 Å². The summed E-state index contributed by atoms with van der Waals surface area (Å²) in [6.45, 7) is 6.32. The highest BCUT2D eigenvalue weighted by molar-refractivity contribution is 6.27. The number of hydrogen-bond donors (Lipinski definition) is 1. The standard InChI is InChI=1S/C20H29ClFNO10/c1-7-13(30-10(3)24)9(2)16-15(23-14(27)8-21)17(31-11(4)25)18(22)20(33-16,19(28)29-6)32-12(5)26/h9,13,15-18H,7-8H2,1-6H3,(H,23,27)/t9-,13-,15+,16?,17+,18?,20-/m1/s1. The van der Waals surface area contributed by atoms with Gasteiger partial charge in [0.1, 0.15) is 12.0 Å². The Hall–Kier alpha value is -2.47. The van der Waals surface area contributed by atoms with Crippen LogP contribution >= 0.6 is 11.6 Å². The largest absolute Gasteiger partial charge is 0.464 e. The molecule has 13 heteroatoms. The summed E-state index contributed by atoms with van der Waals surface area (Å²) in [6.07, 6.45) is -6.38. The van der Waals surface area contributed by atoms with E-state index in [4.69, 9.17) is 30.5 Å². The Morgan fingerprint density at radius 3 is 2.15 bits per heavy atom. The third kappa shape index (κ3) is 6.76. The van der Waals surface area contributed by atoms with Crippen LogP contribution in [0.1, 0.15) is 41.0 Å².